The van der Waals surface area contributed by atoms with Crippen molar-refractivity contribution in [3.8, 4) is 17.2 Å². The van der Waals surface area contributed by atoms with E-state index < -0.39 is 0 Å². The molecule has 130 valence electrons. The van der Waals surface area contributed by atoms with Crippen molar-refractivity contribution < 1.29 is 18.9 Å². The minimum absolute atomic E-state index is 0.343. The summed E-state index contributed by atoms with van der Waals surface area (Å²) in [5.74, 6) is 2.30. The van der Waals surface area contributed by atoms with Crippen LogP contribution in [0.5, 0.6) is 17.2 Å². The first kappa shape index (κ1) is 18.1. The van der Waals surface area contributed by atoms with E-state index in [1.165, 1.54) is 11.1 Å². The maximum Gasteiger partial charge on any atom is 0.197 e. The van der Waals surface area contributed by atoms with Crippen LogP contribution in [0, 0.1) is 0 Å². The molecule has 0 saturated heterocycles. The summed E-state index contributed by atoms with van der Waals surface area (Å²) in [4.78, 5) is 0. The van der Waals surface area contributed by atoms with E-state index in [-0.39, 0.29) is 6.29 Å². The third kappa shape index (κ3) is 5.17. The second kappa shape index (κ2) is 9.18. The van der Waals surface area contributed by atoms with Crippen LogP contribution in [0.1, 0.15) is 25.0 Å². The van der Waals surface area contributed by atoms with Crippen molar-refractivity contribution in [1.82, 2.24) is 0 Å². The first-order valence-electron chi connectivity index (χ1n) is 8.24. The molecule has 0 radical (unpaired) electrons. The van der Waals surface area contributed by atoms with Crippen LogP contribution >= 0.6 is 0 Å². The van der Waals surface area contributed by atoms with Gasteiger partial charge in [-0.1, -0.05) is 25.1 Å². The summed E-state index contributed by atoms with van der Waals surface area (Å²) in [7, 11) is 3.31. The number of ether oxygens (including phenoxy) is 4. The molecule has 4 heteroatoms. The molecule has 4 nitrogen and oxygen atoms in total. The van der Waals surface area contributed by atoms with Gasteiger partial charge in [-0.15, -0.1) is 0 Å². The SMILES string of the molecule is CCc1ccc(OC(C)OCCc2ccc(OC)cc2)c(OC)c1. The van der Waals surface area contributed by atoms with E-state index in [0.29, 0.717) is 12.4 Å². The Kier molecular flexibility index (Phi) is 6.94. The van der Waals surface area contributed by atoms with Gasteiger partial charge in [-0.05, 0) is 55.2 Å². The van der Waals surface area contributed by atoms with Crippen LogP contribution in [0.25, 0.3) is 0 Å². The van der Waals surface area contributed by atoms with Crippen LogP contribution in [0.3, 0.4) is 0 Å². The Morgan fingerprint density at radius 1 is 0.875 bits per heavy atom. The fraction of sp³-hybridized carbons (Fsp3) is 0.400. The lowest BCUT2D eigenvalue weighted by atomic mass is 10.1. The lowest BCUT2D eigenvalue weighted by Crippen LogP contribution is -2.18. The molecule has 2 rings (SSSR count). The molecule has 0 heterocycles. The molecule has 0 aliphatic carbocycles. The fourth-order valence-corrected chi connectivity index (χ4v) is 2.38. The summed E-state index contributed by atoms with van der Waals surface area (Å²) in [6.07, 6.45) is 1.44. The van der Waals surface area contributed by atoms with Gasteiger partial charge in [-0.2, -0.15) is 0 Å². The van der Waals surface area contributed by atoms with Gasteiger partial charge in [0.05, 0.1) is 20.8 Å². The lowest BCUT2D eigenvalue weighted by Gasteiger charge is -2.18. The van der Waals surface area contributed by atoms with E-state index in [4.69, 9.17) is 18.9 Å². The standard InChI is InChI=1S/C20H26O4/c1-5-16-8-11-19(20(14-16)22-4)24-15(2)23-13-12-17-6-9-18(21-3)10-7-17/h6-11,14-15H,5,12-13H2,1-4H3. The predicted octanol–water partition coefficient (Wildman–Crippen LogP) is 4.25. The minimum atomic E-state index is -0.343. The normalized spacial score (nSPS) is 11.8. The molecule has 0 spiro atoms. The van der Waals surface area contributed by atoms with Gasteiger partial charge in [0.1, 0.15) is 5.75 Å². The number of hydrogen-bond acceptors (Lipinski definition) is 4. The Morgan fingerprint density at radius 3 is 2.21 bits per heavy atom. The molecule has 0 aromatic heterocycles. The van der Waals surface area contributed by atoms with Crippen molar-refractivity contribution in [2.24, 2.45) is 0 Å². The number of rotatable bonds is 9. The van der Waals surface area contributed by atoms with Crippen molar-refractivity contribution >= 4 is 0 Å². The third-order valence-electron chi connectivity index (χ3n) is 3.83. The molecular formula is C20H26O4. The summed E-state index contributed by atoms with van der Waals surface area (Å²) >= 11 is 0. The highest BCUT2D eigenvalue weighted by Crippen LogP contribution is 2.29. The summed E-state index contributed by atoms with van der Waals surface area (Å²) in [6, 6.07) is 14.0. The Morgan fingerprint density at radius 2 is 1.58 bits per heavy atom. The molecule has 0 saturated carbocycles. The largest absolute Gasteiger partial charge is 0.497 e. The molecule has 0 aliphatic rings. The maximum atomic E-state index is 5.84. The second-order valence-electron chi connectivity index (χ2n) is 5.49. The fourth-order valence-electron chi connectivity index (χ4n) is 2.38. The number of methoxy groups -OCH3 is 2. The highest BCUT2D eigenvalue weighted by Gasteiger charge is 2.10. The highest BCUT2D eigenvalue weighted by atomic mass is 16.7. The van der Waals surface area contributed by atoms with E-state index in [1.807, 2.05) is 49.4 Å². The van der Waals surface area contributed by atoms with Crippen LogP contribution in [-0.4, -0.2) is 27.1 Å². The van der Waals surface area contributed by atoms with Crippen LogP contribution < -0.4 is 14.2 Å². The molecule has 0 N–H and O–H groups in total. The quantitative estimate of drug-likeness (QED) is 0.644. The summed E-state index contributed by atoms with van der Waals surface area (Å²) < 4.78 is 22.1. The highest BCUT2D eigenvalue weighted by molar-refractivity contribution is 5.43. The van der Waals surface area contributed by atoms with E-state index in [2.05, 4.69) is 6.92 Å². The van der Waals surface area contributed by atoms with Crippen LogP contribution in [-0.2, 0) is 17.6 Å². The van der Waals surface area contributed by atoms with E-state index in [9.17, 15) is 0 Å². The summed E-state index contributed by atoms with van der Waals surface area (Å²) in [6.45, 7) is 4.59. The lowest BCUT2D eigenvalue weighted by molar-refractivity contribution is -0.0664. The van der Waals surface area contributed by atoms with Gasteiger partial charge in [0.2, 0.25) is 0 Å². The molecule has 0 aliphatic heterocycles. The van der Waals surface area contributed by atoms with Gasteiger partial charge in [-0.3, -0.25) is 0 Å². The number of benzene rings is 2. The van der Waals surface area contributed by atoms with Crippen molar-refractivity contribution in [2.75, 3.05) is 20.8 Å². The average molecular weight is 330 g/mol. The number of hydrogen-bond donors (Lipinski definition) is 0. The maximum absolute atomic E-state index is 5.84. The second-order valence-corrected chi connectivity index (χ2v) is 5.49. The molecule has 24 heavy (non-hydrogen) atoms. The smallest absolute Gasteiger partial charge is 0.197 e. The van der Waals surface area contributed by atoms with Gasteiger partial charge < -0.3 is 18.9 Å². The molecule has 1 atom stereocenters. The Labute approximate surface area is 144 Å². The topological polar surface area (TPSA) is 36.9 Å². The van der Waals surface area contributed by atoms with Crippen molar-refractivity contribution in [3.63, 3.8) is 0 Å². The molecule has 0 amide bonds. The van der Waals surface area contributed by atoms with E-state index in [1.54, 1.807) is 14.2 Å². The van der Waals surface area contributed by atoms with Crippen LogP contribution in [0.4, 0.5) is 0 Å². The molecular weight excluding hydrogens is 304 g/mol. The zero-order valence-corrected chi connectivity index (χ0v) is 14.9. The molecule has 1 unspecified atom stereocenters. The van der Waals surface area contributed by atoms with Gasteiger partial charge in [0.15, 0.2) is 17.8 Å². The van der Waals surface area contributed by atoms with Crippen molar-refractivity contribution in [3.05, 3.63) is 53.6 Å². The first-order chi connectivity index (χ1) is 11.7. The van der Waals surface area contributed by atoms with Gasteiger partial charge in [0.25, 0.3) is 0 Å². The van der Waals surface area contributed by atoms with Crippen molar-refractivity contribution in [2.45, 2.75) is 33.0 Å². The molecule has 2 aromatic carbocycles. The predicted molar refractivity (Wildman–Crippen MR) is 95.1 cm³/mol. The van der Waals surface area contributed by atoms with Crippen molar-refractivity contribution in [1.29, 1.82) is 0 Å². The van der Waals surface area contributed by atoms with E-state index in [0.717, 1.165) is 24.3 Å². The van der Waals surface area contributed by atoms with Gasteiger partial charge in [0, 0.05) is 0 Å². The Bertz CT molecular complexity index is 622. The van der Waals surface area contributed by atoms with Gasteiger partial charge >= 0.3 is 0 Å². The zero-order valence-electron chi connectivity index (χ0n) is 14.9. The zero-order chi connectivity index (χ0) is 17.4. The molecule has 0 bridgehead atoms. The van der Waals surface area contributed by atoms with Gasteiger partial charge in [-0.25, -0.2) is 0 Å². The van der Waals surface area contributed by atoms with Crippen LogP contribution in [0.15, 0.2) is 42.5 Å². The van der Waals surface area contributed by atoms with E-state index >= 15 is 0 Å². The molecule has 0 fully saturated rings. The first-order valence-corrected chi connectivity index (χ1v) is 8.24. The summed E-state index contributed by atoms with van der Waals surface area (Å²) in [5, 5.41) is 0. The van der Waals surface area contributed by atoms with Crippen LogP contribution in [0.2, 0.25) is 0 Å². The summed E-state index contributed by atoms with van der Waals surface area (Å²) in [5.41, 5.74) is 2.42. The third-order valence-corrected chi connectivity index (χ3v) is 3.83. The minimum Gasteiger partial charge on any atom is -0.497 e. The average Bonchev–Trinajstić information content (AvgIpc) is 2.62. The molecule has 2 aromatic rings. The monoisotopic (exact) mass is 330 g/mol. The Hall–Kier alpha value is -2.20. The Balaban J connectivity index is 1.83. The number of aryl methyl sites for hydroxylation is 1.